The van der Waals surface area contributed by atoms with Gasteiger partial charge in [-0.2, -0.15) is 10.2 Å². The van der Waals surface area contributed by atoms with E-state index in [9.17, 15) is 14.7 Å². The molecule has 0 aliphatic carbocycles. The summed E-state index contributed by atoms with van der Waals surface area (Å²) in [5.74, 6) is 0.509. The van der Waals surface area contributed by atoms with Gasteiger partial charge in [-0.3, -0.25) is 13.9 Å². The SMILES string of the molecule is Cc1ccc(N2C[C@@H](O)Cn3c2nc2c3c(=O)n(CCC#N)c(=O)n2C)cc1. The van der Waals surface area contributed by atoms with Crippen molar-refractivity contribution in [3.8, 4) is 6.07 Å². The molecule has 3 heterocycles. The van der Waals surface area contributed by atoms with Crippen molar-refractivity contribution in [3.05, 3.63) is 50.7 Å². The largest absolute Gasteiger partial charge is 0.389 e. The Labute approximate surface area is 160 Å². The van der Waals surface area contributed by atoms with E-state index in [4.69, 9.17) is 5.26 Å². The number of aryl methyl sites for hydroxylation is 2. The van der Waals surface area contributed by atoms with Gasteiger partial charge in [0, 0.05) is 19.3 Å². The van der Waals surface area contributed by atoms with Gasteiger partial charge in [0.15, 0.2) is 11.2 Å². The number of hydrogen-bond acceptors (Lipinski definition) is 6. The summed E-state index contributed by atoms with van der Waals surface area (Å²) in [5.41, 5.74) is 1.47. The van der Waals surface area contributed by atoms with Gasteiger partial charge in [-0.25, -0.2) is 4.79 Å². The number of β-amino-alcohol motifs (C(OH)–C–C–N with tert-alkyl or cyclic N) is 1. The Hall–Kier alpha value is -3.38. The predicted octanol–water partition coefficient (Wildman–Crippen LogP) is 0.631. The molecule has 0 bridgehead atoms. The van der Waals surface area contributed by atoms with Crippen molar-refractivity contribution in [1.82, 2.24) is 18.7 Å². The van der Waals surface area contributed by atoms with Gasteiger partial charge in [-0.05, 0) is 19.1 Å². The van der Waals surface area contributed by atoms with Crippen LogP contribution in [-0.4, -0.2) is 36.4 Å². The van der Waals surface area contributed by atoms with Gasteiger partial charge in [-0.1, -0.05) is 17.7 Å². The number of anilines is 2. The zero-order valence-corrected chi connectivity index (χ0v) is 15.7. The van der Waals surface area contributed by atoms with Crippen LogP contribution in [0.15, 0.2) is 33.9 Å². The van der Waals surface area contributed by atoms with Crippen LogP contribution >= 0.6 is 0 Å². The highest BCUT2D eigenvalue weighted by Crippen LogP contribution is 2.31. The molecule has 28 heavy (non-hydrogen) atoms. The lowest BCUT2D eigenvalue weighted by Crippen LogP contribution is -2.41. The molecule has 3 aromatic rings. The molecule has 0 spiro atoms. The van der Waals surface area contributed by atoms with Crippen LogP contribution in [0.25, 0.3) is 11.2 Å². The van der Waals surface area contributed by atoms with E-state index in [-0.39, 0.29) is 30.7 Å². The number of imidazole rings is 1. The van der Waals surface area contributed by atoms with Crippen molar-refractivity contribution in [3.63, 3.8) is 0 Å². The first-order valence-electron chi connectivity index (χ1n) is 9.01. The molecular formula is C19H20N6O3. The highest BCUT2D eigenvalue weighted by Gasteiger charge is 2.30. The number of fused-ring (bicyclic) bond motifs is 3. The monoisotopic (exact) mass is 380 g/mol. The maximum absolute atomic E-state index is 13.0. The Morgan fingerprint density at radius 1 is 1.25 bits per heavy atom. The van der Waals surface area contributed by atoms with Crippen molar-refractivity contribution in [1.29, 1.82) is 5.26 Å². The first-order chi connectivity index (χ1) is 13.4. The molecule has 0 unspecified atom stereocenters. The fourth-order valence-corrected chi connectivity index (χ4v) is 3.60. The summed E-state index contributed by atoms with van der Waals surface area (Å²) >= 11 is 0. The lowest BCUT2D eigenvalue weighted by atomic mass is 10.2. The number of nitrogens with zero attached hydrogens (tertiary/aromatic N) is 6. The van der Waals surface area contributed by atoms with Crippen molar-refractivity contribution >= 4 is 22.8 Å². The van der Waals surface area contributed by atoms with Crippen molar-refractivity contribution < 1.29 is 5.11 Å². The molecule has 0 amide bonds. The summed E-state index contributed by atoms with van der Waals surface area (Å²) < 4.78 is 4.03. The van der Waals surface area contributed by atoms with E-state index in [1.807, 2.05) is 42.2 Å². The second kappa shape index (κ2) is 6.65. The molecule has 1 aliphatic rings. The normalized spacial score (nSPS) is 16.2. The molecule has 9 nitrogen and oxygen atoms in total. The molecule has 2 aromatic heterocycles. The minimum Gasteiger partial charge on any atom is -0.389 e. The second-order valence-electron chi connectivity index (χ2n) is 7.00. The number of aliphatic hydroxyl groups is 1. The molecular weight excluding hydrogens is 360 g/mol. The Morgan fingerprint density at radius 3 is 2.64 bits per heavy atom. The summed E-state index contributed by atoms with van der Waals surface area (Å²) in [5, 5.41) is 19.3. The molecule has 4 rings (SSSR count). The first-order valence-corrected chi connectivity index (χ1v) is 9.01. The van der Waals surface area contributed by atoms with Crippen LogP contribution in [0.5, 0.6) is 0 Å². The van der Waals surface area contributed by atoms with Gasteiger partial charge < -0.3 is 14.6 Å². The van der Waals surface area contributed by atoms with Crippen LogP contribution in [0.1, 0.15) is 12.0 Å². The van der Waals surface area contributed by atoms with Gasteiger partial charge in [-0.15, -0.1) is 0 Å². The summed E-state index contributed by atoms with van der Waals surface area (Å²) in [6, 6.07) is 9.75. The highest BCUT2D eigenvalue weighted by atomic mass is 16.3. The van der Waals surface area contributed by atoms with Gasteiger partial charge in [0.25, 0.3) is 5.56 Å². The maximum Gasteiger partial charge on any atom is 0.332 e. The van der Waals surface area contributed by atoms with Crippen molar-refractivity contribution in [2.45, 2.75) is 32.5 Å². The lowest BCUT2D eigenvalue weighted by molar-refractivity contribution is 0.154. The number of benzene rings is 1. The fourth-order valence-electron chi connectivity index (χ4n) is 3.60. The molecule has 0 saturated carbocycles. The van der Waals surface area contributed by atoms with Gasteiger partial charge in [0.2, 0.25) is 5.95 Å². The van der Waals surface area contributed by atoms with Crippen LogP contribution in [0.4, 0.5) is 11.6 Å². The quantitative estimate of drug-likeness (QED) is 0.714. The minimum atomic E-state index is -0.699. The number of hydrogen-bond donors (Lipinski definition) is 1. The third-order valence-corrected chi connectivity index (χ3v) is 5.03. The number of aliphatic hydroxyl groups excluding tert-OH is 1. The molecule has 1 aliphatic heterocycles. The van der Waals surface area contributed by atoms with Crippen LogP contribution < -0.4 is 16.1 Å². The topological polar surface area (TPSA) is 109 Å². The predicted molar refractivity (Wildman–Crippen MR) is 104 cm³/mol. The molecule has 0 radical (unpaired) electrons. The van der Waals surface area contributed by atoms with Crippen molar-refractivity contribution in [2.75, 3.05) is 11.4 Å². The third-order valence-electron chi connectivity index (χ3n) is 5.03. The van der Waals surface area contributed by atoms with Crippen LogP contribution in [-0.2, 0) is 20.1 Å². The second-order valence-corrected chi connectivity index (χ2v) is 7.00. The van der Waals surface area contributed by atoms with E-state index in [2.05, 4.69) is 4.98 Å². The van der Waals surface area contributed by atoms with Crippen LogP contribution in [0.3, 0.4) is 0 Å². The van der Waals surface area contributed by atoms with Gasteiger partial charge in [0.1, 0.15) is 0 Å². The minimum absolute atomic E-state index is 0.0166. The van der Waals surface area contributed by atoms with E-state index < -0.39 is 17.4 Å². The molecule has 1 atom stereocenters. The molecule has 1 N–H and O–H groups in total. The summed E-state index contributed by atoms with van der Waals surface area (Å²) in [6.45, 7) is 2.55. The molecule has 9 heteroatoms. The van der Waals surface area contributed by atoms with Crippen LogP contribution in [0.2, 0.25) is 0 Å². The van der Waals surface area contributed by atoms with Crippen molar-refractivity contribution in [2.24, 2.45) is 7.05 Å². The molecule has 0 saturated heterocycles. The zero-order valence-electron chi connectivity index (χ0n) is 15.7. The summed E-state index contributed by atoms with van der Waals surface area (Å²) in [6.07, 6.45) is -0.643. The molecule has 1 aromatic carbocycles. The molecule has 0 fully saturated rings. The van der Waals surface area contributed by atoms with Crippen LogP contribution in [0, 0.1) is 18.3 Å². The lowest BCUT2D eigenvalue weighted by Gasteiger charge is -2.32. The van der Waals surface area contributed by atoms with E-state index in [1.54, 1.807) is 11.6 Å². The average molecular weight is 380 g/mol. The molecule has 144 valence electrons. The standard InChI is InChI=1S/C19H20N6O3/c1-12-4-6-13(7-5-12)24-10-14(26)11-25-15-16(21-18(24)25)22(2)19(28)23(17(15)27)9-3-8-20/h4-7,14,26H,3,9-11H2,1-2H3/t14-/m1/s1. The van der Waals surface area contributed by atoms with E-state index >= 15 is 0 Å². The third kappa shape index (κ3) is 2.70. The van der Waals surface area contributed by atoms with E-state index in [0.29, 0.717) is 12.5 Å². The number of rotatable bonds is 3. The highest BCUT2D eigenvalue weighted by molar-refractivity contribution is 5.77. The number of nitriles is 1. The Morgan fingerprint density at radius 2 is 1.96 bits per heavy atom. The Kier molecular flexibility index (Phi) is 4.28. The van der Waals surface area contributed by atoms with Gasteiger partial charge in [0.05, 0.1) is 31.7 Å². The zero-order chi connectivity index (χ0) is 20.0. The smallest absolute Gasteiger partial charge is 0.332 e. The Bertz CT molecular complexity index is 1210. The summed E-state index contributed by atoms with van der Waals surface area (Å²) in [7, 11) is 1.55. The first kappa shape index (κ1) is 18.0. The van der Waals surface area contributed by atoms with E-state index in [0.717, 1.165) is 15.8 Å². The Balaban J connectivity index is 1.98. The fraction of sp³-hybridized carbons (Fsp3) is 0.368. The van der Waals surface area contributed by atoms with E-state index in [1.165, 1.54) is 4.57 Å². The van der Waals surface area contributed by atoms with Gasteiger partial charge >= 0.3 is 5.69 Å². The number of aromatic nitrogens is 4. The summed E-state index contributed by atoms with van der Waals surface area (Å²) in [4.78, 5) is 32.0. The maximum atomic E-state index is 13.0. The average Bonchev–Trinajstić information content (AvgIpc) is 3.06.